The number of amides is 1. The van der Waals surface area contributed by atoms with E-state index in [1.54, 1.807) is 19.2 Å². The molecule has 25 heavy (non-hydrogen) atoms. The number of nitrogens with zero attached hydrogens (tertiary/aromatic N) is 1. The van der Waals surface area contributed by atoms with Gasteiger partial charge >= 0.3 is 0 Å². The van der Waals surface area contributed by atoms with Crippen molar-refractivity contribution in [1.29, 1.82) is 0 Å². The minimum absolute atomic E-state index is 0.129. The molecule has 0 spiro atoms. The van der Waals surface area contributed by atoms with Crippen LogP contribution >= 0.6 is 31.9 Å². The Morgan fingerprint density at radius 3 is 2.84 bits per heavy atom. The first-order valence-electron chi connectivity index (χ1n) is 7.33. The molecular formula is C17H14Br2N2O4. The Morgan fingerprint density at radius 2 is 2.08 bits per heavy atom. The fourth-order valence-electron chi connectivity index (χ4n) is 2.28. The largest absolute Gasteiger partial charge is 0.495 e. The topological polar surface area (TPSA) is 69.2 Å². The van der Waals surface area contributed by atoms with Gasteiger partial charge in [-0.05, 0) is 40.2 Å². The summed E-state index contributed by atoms with van der Waals surface area (Å²) in [4.78, 5) is 12.2. The molecule has 0 bridgehead atoms. The van der Waals surface area contributed by atoms with E-state index in [2.05, 4.69) is 42.4 Å². The summed E-state index contributed by atoms with van der Waals surface area (Å²) in [5.41, 5.74) is 3.17. The van der Waals surface area contributed by atoms with Gasteiger partial charge in [0.2, 0.25) is 6.10 Å². The molecule has 1 amide bonds. The number of methoxy groups -OCH3 is 1. The van der Waals surface area contributed by atoms with E-state index in [1.165, 1.54) is 6.21 Å². The number of halogens is 2. The normalized spacial score (nSPS) is 15.9. The number of hydrazone groups is 1. The summed E-state index contributed by atoms with van der Waals surface area (Å²) in [5.74, 6) is 1.39. The monoisotopic (exact) mass is 468 g/mol. The van der Waals surface area contributed by atoms with Crippen LogP contribution in [-0.4, -0.2) is 31.9 Å². The van der Waals surface area contributed by atoms with Crippen molar-refractivity contribution in [1.82, 2.24) is 5.43 Å². The van der Waals surface area contributed by atoms with Crippen LogP contribution in [0.1, 0.15) is 5.56 Å². The van der Waals surface area contributed by atoms with E-state index in [4.69, 9.17) is 14.2 Å². The highest BCUT2D eigenvalue weighted by Crippen LogP contribution is 2.32. The van der Waals surface area contributed by atoms with Crippen LogP contribution in [0, 0.1) is 0 Å². The first-order valence-corrected chi connectivity index (χ1v) is 8.91. The number of carbonyl (C=O) groups is 1. The molecule has 0 aliphatic carbocycles. The van der Waals surface area contributed by atoms with Gasteiger partial charge in [-0.15, -0.1) is 0 Å². The number of carbonyl (C=O) groups excluding carboxylic acids is 1. The molecule has 1 N–H and O–H groups in total. The Kier molecular flexibility index (Phi) is 5.60. The molecule has 130 valence electrons. The lowest BCUT2D eigenvalue weighted by atomic mass is 10.2. The average molecular weight is 470 g/mol. The molecule has 1 heterocycles. The fraction of sp³-hybridized carbons (Fsp3) is 0.176. The summed E-state index contributed by atoms with van der Waals surface area (Å²) in [5, 5.41) is 3.98. The van der Waals surface area contributed by atoms with Crippen molar-refractivity contribution in [2.24, 2.45) is 5.10 Å². The third-order valence-corrected chi connectivity index (χ3v) is 4.47. The van der Waals surface area contributed by atoms with E-state index in [1.807, 2.05) is 24.3 Å². The van der Waals surface area contributed by atoms with Crippen LogP contribution in [0.5, 0.6) is 17.2 Å². The minimum atomic E-state index is -0.761. The molecule has 3 rings (SSSR count). The van der Waals surface area contributed by atoms with Gasteiger partial charge in [-0.1, -0.05) is 28.1 Å². The number of rotatable bonds is 4. The zero-order chi connectivity index (χ0) is 17.8. The molecule has 0 saturated heterocycles. The van der Waals surface area contributed by atoms with Gasteiger partial charge in [0, 0.05) is 10.0 Å². The molecule has 1 atom stereocenters. The lowest BCUT2D eigenvalue weighted by Crippen LogP contribution is -2.42. The molecule has 1 unspecified atom stereocenters. The molecule has 6 nitrogen and oxygen atoms in total. The van der Waals surface area contributed by atoms with Crippen molar-refractivity contribution in [3.63, 3.8) is 0 Å². The van der Waals surface area contributed by atoms with Gasteiger partial charge in [-0.25, -0.2) is 5.43 Å². The Labute approximate surface area is 161 Å². The molecule has 0 fully saturated rings. The van der Waals surface area contributed by atoms with Crippen molar-refractivity contribution in [2.75, 3.05) is 13.7 Å². The van der Waals surface area contributed by atoms with E-state index in [9.17, 15) is 4.79 Å². The molecular weight excluding hydrogens is 456 g/mol. The van der Waals surface area contributed by atoms with Gasteiger partial charge in [0.1, 0.15) is 12.4 Å². The maximum absolute atomic E-state index is 12.2. The molecule has 0 saturated carbocycles. The number of nitrogens with one attached hydrogen (secondary N) is 1. The first-order chi connectivity index (χ1) is 12.1. The average Bonchev–Trinajstić information content (AvgIpc) is 2.61. The molecule has 0 radical (unpaired) electrons. The van der Waals surface area contributed by atoms with E-state index in [0.29, 0.717) is 22.8 Å². The van der Waals surface area contributed by atoms with Crippen LogP contribution in [0.2, 0.25) is 0 Å². The summed E-state index contributed by atoms with van der Waals surface area (Å²) >= 11 is 6.82. The smallest absolute Gasteiger partial charge is 0.284 e. The predicted molar refractivity (Wildman–Crippen MR) is 100 cm³/mol. The minimum Gasteiger partial charge on any atom is -0.495 e. The Hall–Kier alpha value is -2.06. The van der Waals surface area contributed by atoms with Crippen LogP contribution in [-0.2, 0) is 4.79 Å². The summed E-state index contributed by atoms with van der Waals surface area (Å²) < 4.78 is 18.1. The number of benzene rings is 2. The number of hydrogen-bond acceptors (Lipinski definition) is 5. The molecule has 1 aliphatic heterocycles. The van der Waals surface area contributed by atoms with E-state index >= 15 is 0 Å². The zero-order valence-corrected chi connectivity index (χ0v) is 16.3. The second-order valence-corrected chi connectivity index (χ2v) is 6.88. The number of ether oxygens (including phenoxy) is 3. The second-order valence-electron chi connectivity index (χ2n) is 5.11. The summed E-state index contributed by atoms with van der Waals surface area (Å²) in [6.07, 6.45) is 0.743. The summed E-state index contributed by atoms with van der Waals surface area (Å²) in [6.45, 7) is 0.129. The van der Waals surface area contributed by atoms with Gasteiger partial charge in [0.25, 0.3) is 5.91 Å². The quantitative estimate of drug-likeness (QED) is 0.549. The van der Waals surface area contributed by atoms with Gasteiger partial charge < -0.3 is 14.2 Å². The van der Waals surface area contributed by atoms with Crippen molar-refractivity contribution >= 4 is 44.0 Å². The lowest BCUT2D eigenvalue weighted by Gasteiger charge is -2.24. The van der Waals surface area contributed by atoms with Gasteiger partial charge in [-0.3, -0.25) is 4.79 Å². The SMILES string of the molecule is COc1c(Br)cc(Br)cc1C=NNC(=O)C1COc2ccccc2O1. The Bertz CT molecular complexity index is 826. The number of fused-ring (bicyclic) bond motifs is 1. The van der Waals surface area contributed by atoms with Crippen LogP contribution in [0.4, 0.5) is 0 Å². The van der Waals surface area contributed by atoms with Crippen LogP contribution in [0.25, 0.3) is 0 Å². The van der Waals surface area contributed by atoms with Gasteiger partial charge in [-0.2, -0.15) is 5.10 Å². The summed E-state index contributed by atoms with van der Waals surface area (Å²) in [7, 11) is 1.56. The third-order valence-electron chi connectivity index (χ3n) is 3.42. The van der Waals surface area contributed by atoms with Crippen molar-refractivity contribution in [3.8, 4) is 17.2 Å². The van der Waals surface area contributed by atoms with Crippen molar-refractivity contribution in [3.05, 3.63) is 50.9 Å². The molecule has 2 aromatic carbocycles. The fourth-order valence-corrected chi connectivity index (χ4v) is 3.70. The molecule has 0 aromatic heterocycles. The highest BCUT2D eigenvalue weighted by molar-refractivity contribution is 9.11. The van der Waals surface area contributed by atoms with E-state index in [-0.39, 0.29) is 6.61 Å². The maximum atomic E-state index is 12.2. The highest BCUT2D eigenvalue weighted by Gasteiger charge is 2.27. The van der Waals surface area contributed by atoms with E-state index in [0.717, 1.165) is 8.95 Å². The van der Waals surface area contributed by atoms with Crippen molar-refractivity contribution < 1.29 is 19.0 Å². The Morgan fingerprint density at radius 1 is 1.32 bits per heavy atom. The maximum Gasteiger partial charge on any atom is 0.284 e. The molecule has 1 aliphatic rings. The predicted octanol–water partition coefficient (Wildman–Crippen LogP) is 3.51. The van der Waals surface area contributed by atoms with Gasteiger partial charge in [0.05, 0.1) is 17.8 Å². The van der Waals surface area contributed by atoms with Crippen molar-refractivity contribution in [2.45, 2.75) is 6.10 Å². The Balaban J connectivity index is 1.66. The van der Waals surface area contributed by atoms with E-state index < -0.39 is 12.0 Å². The number of hydrogen-bond donors (Lipinski definition) is 1. The molecule has 2 aromatic rings. The standard InChI is InChI=1S/C17H14Br2N2O4/c1-23-16-10(6-11(18)7-12(16)19)8-20-21-17(22)15-9-24-13-4-2-3-5-14(13)25-15/h2-8,15H,9H2,1H3,(H,21,22). The second kappa shape index (κ2) is 7.88. The third kappa shape index (κ3) is 4.13. The molecule has 8 heteroatoms. The first kappa shape index (κ1) is 17.8. The highest BCUT2D eigenvalue weighted by atomic mass is 79.9. The lowest BCUT2D eigenvalue weighted by molar-refractivity contribution is -0.130. The van der Waals surface area contributed by atoms with Gasteiger partial charge in [0.15, 0.2) is 11.5 Å². The number of para-hydroxylation sites is 2. The van der Waals surface area contributed by atoms with Crippen LogP contribution in [0.15, 0.2) is 50.4 Å². The van der Waals surface area contributed by atoms with Crippen LogP contribution < -0.4 is 19.6 Å². The zero-order valence-electron chi connectivity index (χ0n) is 13.2. The summed E-state index contributed by atoms with van der Waals surface area (Å²) in [6, 6.07) is 10.9. The van der Waals surface area contributed by atoms with Crippen LogP contribution in [0.3, 0.4) is 0 Å².